The van der Waals surface area contributed by atoms with Crippen molar-refractivity contribution in [2.75, 3.05) is 35.2 Å². The van der Waals surface area contributed by atoms with Gasteiger partial charge in [-0.05, 0) is 80.3 Å². The molecule has 2 heterocycles. The molecular weight excluding hydrogens is 520 g/mol. The Bertz CT molecular complexity index is 1140. The van der Waals surface area contributed by atoms with E-state index in [1.165, 1.54) is 0 Å². The molecule has 0 aliphatic carbocycles. The van der Waals surface area contributed by atoms with Gasteiger partial charge in [-0.15, -0.1) is 0 Å². The van der Waals surface area contributed by atoms with E-state index in [9.17, 15) is 9.59 Å². The molecule has 1 saturated heterocycles. The number of urea groups is 1. The summed E-state index contributed by atoms with van der Waals surface area (Å²) in [4.78, 5) is 30.5. The lowest BCUT2D eigenvalue weighted by atomic mass is 10.1. The molecular formula is C28H33BrN4O3. The van der Waals surface area contributed by atoms with E-state index in [2.05, 4.69) is 38.4 Å². The highest BCUT2D eigenvalue weighted by molar-refractivity contribution is 9.10. The number of unbranched alkanes of at least 4 members (excludes halogenated alkanes) is 1. The Morgan fingerprint density at radius 3 is 2.42 bits per heavy atom. The average molecular weight is 554 g/mol. The van der Waals surface area contributed by atoms with Crippen molar-refractivity contribution in [1.82, 2.24) is 4.90 Å². The van der Waals surface area contributed by atoms with Gasteiger partial charge < -0.3 is 24.9 Å². The molecule has 0 radical (unpaired) electrons. The Kier molecular flexibility index (Phi) is 9.06. The van der Waals surface area contributed by atoms with E-state index in [0.29, 0.717) is 23.5 Å². The number of piperidine rings is 1. The number of amides is 3. The first kappa shape index (κ1) is 25.8. The number of halogens is 1. The van der Waals surface area contributed by atoms with Gasteiger partial charge in [0.05, 0.1) is 24.1 Å². The molecule has 190 valence electrons. The lowest BCUT2D eigenvalue weighted by Crippen LogP contribution is -2.37. The fraction of sp³-hybridized carbons (Fsp3) is 0.357. The molecule has 3 amide bonds. The van der Waals surface area contributed by atoms with E-state index in [1.807, 2.05) is 53.4 Å². The van der Waals surface area contributed by atoms with Gasteiger partial charge in [-0.25, -0.2) is 4.79 Å². The first-order valence-corrected chi connectivity index (χ1v) is 13.4. The van der Waals surface area contributed by atoms with E-state index in [0.717, 1.165) is 67.7 Å². The molecule has 0 saturated carbocycles. The van der Waals surface area contributed by atoms with Gasteiger partial charge in [-0.2, -0.15) is 0 Å². The summed E-state index contributed by atoms with van der Waals surface area (Å²) in [5.74, 6) is 0.848. The minimum atomic E-state index is -0.361. The standard InChI is InChI=1S/C28H33BrN4O3/c1-2-3-15-33(20-24-8-7-18-36-24)26-14-13-23(19-25(26)27(34)32-16-5-4-6-17-32)31-28(35)30-22-11-9-21(29)10-12-22/h7-14,18-19H,2-6,15-17,20H2,1H3,(H2,30,31,35). The molecule has 1 aliphatic heterocycles. The van der Waals surface area contributed by atoms with Crippen molar-refractivity contribution < 1.29 is 14.0 Å². The number of hydrogen-bond donors (Lipinski definition) is 2. The smallest absolute Gasteiger partial charge is 0.323 e. The highest BCUT2D eigenvalue weighted by Crippen LogP contribution is 2.29. The monoisotopic (exact) mass is 552 g/mol. The number of nitrogens with zero attached hydrogens (tertiary/aromatic N) is 2. The van der Waals surface area contributed by atoms with E-state index in [4.69, 9.17) is 4.42 Å². The Morgan fingerprint density at radius 1 is 1.00 bits per heavy atom. The van der Waals surface area contributed by atoms with Gasteiger partial charge in [0.1, 0.15) is 5.76 Å². The second-order valence-corrected chi connectivity index (χ2v) is 9.94. The van der Waals surface area contributed by atoms with Crippen LogP contribution < -0.4 is 15.5 Å². The molecule has 0 bridgehead atoms. The first-order chi connectivity index (χ1) is 17.5. The zero-order valence-corrected chi connectivity index (χ0v) is 22.2. The van der Waals surface area contributed by atoms with Crippen molar-refractivity contribution in [3.05, 3.63) is 76.7 Å². The third kappa shape index (κ3) is 6.91. The van der Waals surface area contributed by atoms with Crippen molar-refractivity contribution in [3.8, 4) is 0 Å². The molecule has 36 heavy (non-hydrogen) atoms. The van der Waals surface area contributed by atoms with Crippen LogP contribution in [0.15, 0.2) is 69.8 Å². The van der Waals surface area contributed by atoms with Gasteiger partial charge in [-0.3, -0.25) is 4.79 Å². The number of carbonyl (C=O) groups is 2. The third-order valence-corrected chi connectivity index (χ3v) is 6.81. The number of hydrogen-bond acceptors (Lipinski definition) is 4. The zero-order valence-electron chi connectivity index (χ0n) is 20.6. The molecule has 4 rings (SSSR count). The molecule has 1 aliphatic rings. The maximum Gasteiger partial charge on any atom is 0.323 e. The van der Waals surface area contributed by atoms with Crippen molar-refractivity contribution in [1.29, 1.82) is 0 Å². The van der Waals surface area contributed by atoms with Gasteiger partial charge >= 0.3 is 6.03 Å². The van der Waals surface area contributed by atoms with Crippen LogP contribution in [-0.4, -0.2) is 36.5 Å². The molecule has 7 nitrogen and oxygen atoms in total. The minimum Gasteiger partial charge on any atom is -0.467 e. The normalized spacial score (nSPS) is 13.3. The largest absolute Gasteiger partial charge is 0.467 e. The van der Waals surface area contributed by atoms with E-state index < -0.39 is 0 Å². The lowest BCUT2D eigenvalue weighted by Gasteiger charge is -2.31. The molecule has 3 aromatic rings. The Morgan fingerprint density at radius 2 is 1.72 bits per heavy atom. The van der Waals surface area contributed by atoms with Crippen LogP contribution in [0.3, 0.4) is 0 Å². The second-order valence-electron chi connectivity index (χ2n) is 9.03. The van der Waals surface area contributed by atoms with Crippen LogP contribution in [0.5, 0.6) is 0 Å². The maximum atomic E-state index is 13.7. The van der Waals surface area contributed by atoms with Crippen LogP contribution in [0.1, 0.15) is 55.1 Å². The molecule has 0 spiro atoms. The van der Waals surface area contributed by atoms with Crippen LogP contribution in [0.4, 0.5) is 21.9 Å². The van der Waals surface area contributed by atoms with Gasteiger partial charge in [-0.1, -0.05) is 29.3 Å². The number of rotatable bonds is 9. The van der Waals surface area contributed by atoms with Crippen LogP contribution in [0.2, 0.25) is 0 Å². The van der Waals surface area contributed by atoms with Crippen molar-refractivity contribution >= 4 is 44.9 Å². The second kappa shape index (κ2) is 12.6. The summed E-state index contributed by atoms with van der Waals surface area (Å²) < 4.78 is 6.55. The molecule has 0 unspecified atom stereocenters. The van der Waals surface area contributed by atoms with Crippen LogP contribution >= 0.6 is 15.9 Å². The number of likely N-dealkylation sites (tertiary alicyclic amines) is 1. The summed E-state index contributed by atoms with van der Waals surface area (Å²) in [7, 11) is 0. The van der Waals surface area contributed by atoms with Crippen molar-refractivity contribution in [3.63, 3.8) is 0 Å². The number of carbonyl (C=O) groups excluding carboxylic acids is 2. The number of nitrogens with one attached hydrogen (secondary N) is 2. The highest BCUT2D eigenvalue weighted by atomic mass is 79.9. The highest BCUT2D eigenvalue weighted by Gasteiger charge is 2.24. The SMILES string of the molecule is CCCCN(Cc1ccco1)c1ccc(NC(=O)Nc2ccc(Br)cc2)cc1C(=O)N1CCCCC1. The van der Waals surface area contributed by atoms with Crippen LogP contribution in [0, 0.1) is 0 Å². The Balaban J connectivity index is 1.61. The molecule has 1 aromatic heterocycles. The molecule has 2 aromatic carbocycles. The molecule has 8 heteroatoms. The zero-order chi connectivity index (χ0) is 25.3. The van der Waals surface area contributed by atoms with Gasteiger partial charge in [0.25, 0.3) is 5.91 Å². The van der Waals surface area contributed by atoms with Crippen LogP contribution in [-0.2, 0) is 6.54 Å². The Hall–Kier alpha value is -3.26. The van der Waals surface area contributed by atoms with Gasteiger partial charge in [0, 0.05) is 35.5 Å². The summed E-state index contributed by atoms with van der Waals surface area (Å²) >= 11 is 3.40. The molecule has 1 fully saturated rings. The maximum absolute atomic E-state index is 13.7. The Labute approximate surface area is 221 Å². The van der Waals surface area contributed by atoms with Gasteiger partial charge in [0.15, 0.2) is 0 Å². The lowest BCUT2D eigenvalue weighted by molar-refractivity contribution is 0.0725. The summed E-state index contributed by atoms with van der Waals surface area (Å²) in [6, 6.07) is 16.4. The first-order valence-electron chi connectivity index (χ1n) is 12.6. The fourth-order valence-electron chi connectivity index (χ4n) is 4.38. The topological polar surface area (TPSA) is 77.8 Å². The summed E-state index contributed by atoms with van der Waals surface area (Å²) in [6.07, 6.45) is 6.88. The summed E-state index contributed by atoms with van der Waals surface area (Å²) in [6.45, 7) is 5.04. The van der Waals surface area contributed by atoms with Crippen molar-refractivity contribution in [2.45, 2.75) is 45.6 Å². The molecule has 2 N–H and O–H groups in total. The van der Waals surface area contributed by atoms with E-state index >= 15 is 0 Å². The molecule has 0 atom stereocenters. The van der Waals surface area contributed by atoms with Crippen LogP contribution in [0.25, 0.3) is 0 Å². The summed E-state index contributed by atoms with van der Waals surface area (Å²) in [5.41, 5.74) is 2.71. The van der Waals surface area contributed by atoms with E-state index in [1.54, 1.807) is 12.3 Å². The van der Waals surface area contributed by atoms with Crippen molar-refractivity contribution in [2.24, 2.45) is 0 Å². The minimum absolute atomic E-state index is 0.00242. The number of benzene rings is 2. The fourth-order valence-corrected chi connectivity index (χ4v) is 4.64. The third-order valence-electron chi connectivity index (χ3n) is 6.28. The number of furan rings is 1. The summed E-state index contributed by atoms with van der Waals surface area (Å²) in [5, 5.41) is 5.72. The van der Waals surface area contributed by atoms with E-state index in [-0.39, 0.29) is 11.9 Å². The quantitative estimate of drug-likeness (QED) is 0.296. The predicted molar refractivity (Wildman–Crippen MR) is 148 cm³/mol. The predicted octanol–water partition coefficient (Wildman–Crippen LogP) is 7.12. The van der Waals surface area contributed by atoms with Gasteiger partial charge in [0.2, 0.25) is 0 Å². The number of anilines is 3. The average Bonchev–Trinajstić information content (AvgIpc) is 3.41.